The molecule has 0 saturated carbocycles. The third kappa shape index (κ3) is 4.84. The summed E-state index contributed by atoms with van der Waals surface area (Å²) in [4.78, 5) is 27.4. The summed E-state index contributed by atoms with van der Waals surface area (Å²) in [5.41, 5.74) is 9.95. The van der Waals surface area contributed by atoms with Crippen molar-refractivity contribution in [2.45, 2.75) is 12.8 Å². The number of rotatable bonds is 8. The minimum absolute atomic E-state index is 0.116. The number of aromatic hydroxyl groups is 1. The van der Waals surface area contributed by atoms with Crippen molar-refractivity contribution in [3.63, 3.8) is 0 Å². The zero-order valence-electron chi connectivity index (χ0n) is 20.3. The third-order valence-corrected chi connectivity index (χ3v) is 6.40. The van der Waals surface area contributed by atoms with Gasteiger partial charge < -0.3 is 25.8 Å². The van der Waals surface area contributed by atoms with Gasteiger partial charge in [0, 0.05) is 30.0 Å². The molecule has 188 valence electrons. The van der Waals surface area contributed by atoms with Gasteiger partial charge in [0.25, 0.3) is 11.8 Å². The summed E-state index contributed by atoms with van der Waals surface area (Å²) in [5.74, 6) is 0.0172. The maximum absolute atomic E-state index is 13.7. The van der Waals surface area contributed by atoms with Crippen LogP contribution in [0.5, 0.6) is 11.5 Å². The number of phenols is 1. The summed E-state index contributed by atoms with van der Waals surface area (Å²) in [6.45, 7) is 1.11. The summed E-state index contributed by atoms with van der Waals surface area (Å²) in [6, 6.07) is 21.9. The maximum Gasteiger partial charge on any atom is 0.277 e. The number of carbonyl (C=O) groups is 2. The van der Waals surface area contributed by atoms with Gasteiger partial charge in [-0.05, 0) is 79.1 Å². The average Bonchev–Trinajstić information content (AvgIpc) is 3.31. The molecule has 0 saturated heterocycles. The number of nitrogens with one attached hydrogen (secondary N) is 1. The SMILES string of the molecule is COc1ccc(-n2nc(C(N)=O)c3c2C(=O)N(c2ccc(NCCc4cccc(O)c4)cc2)CC3)cc1. The molecule has 0 unspecified atom stereocenters. The number of carbonyl (C=O) groups excluding carboxylic acids is 2. The molecule has 1 aliphatic rings. The monoisotopic (exact) mass is 497 g/mol. The Hall–Kier alpha value is -4.79. The van der Waals surface area contributed by atoms with Crippen molar-refractivity contribution in [1.29, 1.82) is 0 Å². The van der Waals surface area contributed by atoms with Gasteiger partial charge >= 0.3 is 0 Å². The highest BCUT2D eigenvalue weighted by molar-refractivity contribution is 6.09. The largest absolute Gasteiger partial charge is 0.508 e. The van der Waals surface area contributed by atoms with E-state index >= 15 is 0 Å². The molecular weight excluding hydrogens is 470 g/mol. The van der Waals surface area contributed by atoms with Crippen LogP contribution >= 0.6 is 0 Å². The molecular formula is C28H27N5O4. The molecule has 0 aliphatic carbocycles. The number of hydrogen-bond acceptors (Lipinski definition) is 6. The van der Waals surface area contributed by atoms with Gasteiger partial charge in [0.05, 0.1) is 12.8 Å². The minimum Gasteiger partial charge on any atom is -0.508 e. The summed E-state index contributed by atoms with van der Waals surface area (Å²) in [7, 11) is 1.58. The Balaban J connectivity index is 1.35. The molecule has 4 N–H and O–H groups in total. The first-order chi connectivity index (χ1) is 17.9. The van der Waals surface area contributed by atoms with Crippen LogP contribution in [0.25, 0.3) is 5.69 Å². The van der Waals surface area contributed by atoms with Crippen LogP contribution in [0.4, 0.5) is 11.4 Å². The molecule has 1 aromatic heterocycles. The molecule has 2 heterocycles. The number of amides is 2. The summed E-state index contributed by atoms with van der Waals surface area (Å²) < 4.78 is 6.71. The molecule has 9 nitrogen and oxygen atoms in total. The number of ether oxygens (including phenoxy) is 1. The molecule has 1 aliphatic heterocycles. The zero-order valence-corrected chi connectivity index (χ0v) is 20.3. The van der Waals surface area contributed by atoms with Gasteiger partial charge in [0.2, 0.25) is 0 Å². The van der Waals surface area contributed by atoms with Gasteiger partial charge in [-0.15, -0.1) is 0 Å². The molecule has 2 amide bonds. The van der Waals surface area contributed by atoms with Crippen molar-refractivity contribution in [1.82, 2.24) is 9.78 Å². The van der Waals surface area contributed by atoms with Crippen molar-refractivity contribution in [3.05, 3.63) is 95.3 Å². The lowest BCUT2D eigenvalue weighted by molar-refractivity contribution is 0.0972. The Kier molecular flexibility index (Phi) is 6.51. The Morgan fingerprint density at radius 3 is 2.49 bits per heavy atom. The molecule has 4 aromatic rings. The van der Waals surface area contributed by atoms with E-state index in [4.69, 9.17) is 10.5 Å². The maximum atomic E-state index is 13.7. The fraction of sp³-hybridized carbons (Fsp3) is 0.179. The summed E-state index contributed by atoms with van der Waals surface area (Å²) >= 11 is 0. The van der Waals surface area contributed by atoms with Gasteiger partial charge in [0.15, 0.2) is 5.69 Å². The van der Waals surface area contributed by atoms with E-state index in [9.17, 15) is 14.7 Å². The van der Waals surface area contributed by atoms with E-state index < -0.39 is 5.91 Å². The van der Waals surface area contributed by atoms with E-state index in [0.717, 1.165) is 23.4 Å². The predicted octanol–water partition coefficient (Wildman–Crippen LogP) is 3.54. The first kappa shape index (κ1) is 23.9. The van der Waals surface area contributed by atoms with Gasteiger partial charge in [-0.3, -0.25) is 9.59 Å². The number of anilines is 2. The average molecular weight is 498 g/mol. The quantitative estimate of drug-likeness (QED) is 0.342. The van der Waals surface area contributed by atoms with Crippen LogP contribution in [0.15, 0.2) is 72.8 Å². The fourth-order valence-electron chi connectivity index (χ4n) is 4.54. The Labute approximate surface area is 214 Å². The molecule has 37 heavy (non-hydrogen) atoms. The number of benzene rings is 3. The van der Waals surface area contributed by atoms with Crippen LogP contribution in [0, 0.1) is 0 Å². The van der Waals surface area contributed by atoms with Crippen molar-refractivity contribution >= 4 is 23.2 Å². The molecule has 9 heteroatoms. The van der Waals surface area contributed by atoms with Crippen LogP contribution in [-0.2, 0) is 12.8 Å². The van der Waals surface area contributed by atoms with Crippen LogP contribution in [0.1, 0.15) is 32.1 Å². The van der Waals surface area contributed by atoms with Gasteiger partial charge in [0.1, 0.15) is 17.2 Å². The first-order valence-electron chi connectivity index (χ1n) is 11.9. The molecule has 3 aromatic carbocycles. The standard InChI is InChI=1S/C28H27N5O4/c1-37-23-11-9-21(10-12-23)33-26-24(25(31-33)27(29)35)14-16-32(28(26)36)20-7-5-19(6-8-20)30-15-13-18-3-2-4-22(34)17-18/h2-12,17,30,34H,13-16H2,1H3,(H2,29,35). The lowest BCUT2D eigenvalue weighted by Crippen LogP contribution is -2.39. The lowest BCUT2D eigenvalue weighted by Gasteiger charge is -2.28. The second kappa shape index (κ2) is 10.1. The second-order valence-electron chi connectivity index (χ2n) is 8.75. The molecule has 5 rings (SSSR count). The van der Waals surface area contributed by atoms with Crippen LogP contribution in [0.2, 0.25) is 0 Å². The number of hydrogen-bond donors (Lipinski definition) is 3. The normalized spacial score (nSPS) is 12.8. The lowest BCUT2D eigenvalue weighted by atomic mass is 10.0. The third-order valence-electron chi connectivity index (χ3n) is 6.40. The van der Waals surface area contributed by atoms with Crippen molar-refractivity contribution in [2.24, 2.45) is 5.73 Å². The van der Waals surface area contributed by atoms with Gasteiger partial charge in [-0.2, -0.15) is 5.10 Å². The molecule has 0 spiro atoms. The number of methoxy groups -OCH3 is 1. The van der Waals surface area contributed by atoms with E-state index in [2.05, 4.69) is 10.4 Å². The Bertz CT molecular complexity index is 1440. The highest BCUT2D eigenvalue weighted by Crippen LogP contribution is 2.30. The van der Waals surface area contributed by atoms with Crippen molar-refractivity contribution in [2.75, 3.05) is 30.4 Å². The van der Waals surface area contributed by atoms with E-state index in [-0.39, 0.29) is 17.4 Å². The van der Waals surface area contributed by atoms with Crippen molar-refractivity contribution < 1.29 is 19.4 Å². The molecule has 0 atom stereocenters. The van der Waals surface area contributed by atoms with E-state index in [1.165, 1.54) is 4.68 Å². The molecule has 0 bridgehead atoms. The minimum atomic E-state index is -0.661. The molecule has 0 fully saturated rings. The summed E-state index contributed by atoms with van der Waals surface area (Å²) in [6.07, 6.45) is 1.22. The van der Waals surface area contributed by atoms with Gasteiger partial charge in [-0.25, -0.2) is 4.68 Å². The fourth-order valence-corrected chi connectivity index (χ4v) is 4.54. The highest BCUT2D eigenvalue weighted by Gasteiger charge is 2.34. The molecule has 0 radical (unpaired) electrons. The van der Waals surface area contributed by atoms with Gasteiger partial charge in [-0.1, -0.05) is 12.1 Å². The van der Waals surface area contributed by atoms with Crippen LogP contribution in [0.3, 0.4) is 0 Å². The highest BCUT2D eigenvalue weighted by atomic mass is 16.5. The van der Waals surface area contributed by atoms with Crippen molar-refractivity contribution in [3.8, 4) is 17.2 Å². The number of primary amides is 1. The van der Waals surface area contributed by atoms with Crippen LogP contribution < -0.4 is 20.7 Å². The van der Waals surface area contributed by atoms with E-state index in [0.29, 0.717) is 42.2 Å². The number of fused-ring (bicyclic) bond motifs is 1. The van der Waals surface area contributed by atoms with E-state index in [1.807, 2.05) is 36.4 Å². The Morgan fingerprint density at radius 2 is 1.81 bits per heavy atom. The zero-order chi connectivity index (χ0) is 25.9. The van der Waals surface area contributed by atoms with Crippen LogP contribution in [-0.4, -0.2) is 46.9 Å². The predicted molar refractivity (Wildman–Crippen MR) is 141 cm³/mol. The smallest absolute Gasteiger partial charge is 0.277 e. The number of aromatic nitrogens is 2. The summed E-state index contributed by atoms with van der Waals surface area (Å²) in [5, 5.41) is 17.4. The second-order valence-corrected chi connectivity index (χ2v) is 8.75. The first-order valence-corrected chi connectivity index (χ1v) is 11.9. The van der Waals surface area contributed by atoms with E-state index in [1.54, 1.807) is 48.4 Å². The number of nitrogens with two attached hydrogens (primary N) is 1. The topological polar surface area (TPSA) is 123 Å². The Morgan fingerprint density at radius 1 is 1.08 bits per heavy atom. The number of nitrogens with zero attached hydrogens (tertiary/aromatic N) is 3. The number of phenolic OH excluding ortho intramolecular Hbond substituents is 1.